The predicted octanol–water partition coefficient (Wildman–Crippen LogP) is 3.24. The number of hydrogen-bond donors (Lipinski definition) is 0. The molecule has 104 valence electrons. The Balaban J connectivity index is 2.12. The monoisotopic (exact) mass is 265 g/mol. The van der Waals surface area contributed by atoms with E-state index in [0.717, 1.165) is 25.9 Å². The van der Waals surface area contributed by atoms with Gasteiger partial charge in [-0.3, -0.25) is 4.79 Å². The van der Waals surface area contributed by atoms with Crippen molar-refractivity contribution in [3.05, 3.63) is 29.6 Å². The molecule has 4 heteroatoms. The molecule has 1 aromatic carbocycles. The lowest BCUT2D eigenvalue weighted by molar-refractivity contribution is 0.0723. The fourth-order valence-electron chi connectivity index (χ4n) is 2.26. The van der Waals surface area contributed by atoms with Crippen LogP contribution in [-0.2, 0) is 0 Å². The number of ether oxygens (including phenoxy) is 1. The van der Waals surface area contributed by atoms with Gasteiger partial charge in [0.2, 0.25) is 0 Å². The van der Waals surface area contributed by atoms with Gasteiger partial charge >= 0.3 is 0 Å². The van der Waals surface area contributed by atoms with Gasteiger partial charge in [0.05, 0.1) is 6.10 Å². The lowest BCUT2D eigenvalue weighted by Gasteiger charge is -2.26. The maximum atomic E-state index is 13.8. The molecule has 1 heterocycles. The zero-order chi connectivity index (χ0) is 13.8. The Hall–Kier alpha value is -1.58. The number of likely N-dealkylation sites (tertiary alicyclic amines) is 1. The molecule has 0 aliphatic carbocycles. The number of hydrogen-bond acceptors (Lipinski definition) is 2. The number of amides is 1. The molecule has 0 radical (unpaired) electrons. The largest absolute Gasteiger partial charge is 0.488 e. The third-order valence-electron chi connectivity index (χ3n) is 3.18. The summed E-state index contributed by atoms with van der Waals surface area (Å²) >= 11 is 0. The van der Waals surface area contributed by atoms with Gasteiger partial charge in [0.1, 0.15) is 0 Å². The van der Waals surface area contributed by atoms with E-state index in [0.29, 0.717) is 5.56 Å². The average molecular weight is 265 g/mol. The summed E-state index contributed by atoms with van der Waals surface area (Å²) < 4.78 is 19.2. The van der Waals surface area contributed by atoms with Crippen LogP contribution in [0.5, 0.6) is 5.75 Å². The second kappa shape index (κ2) is 6.04. The fourth-order valence-corrected chi connectivity index (χ4v) is 2.26. The molecule has 2 rings (SSSR count). The number of carbonyl (C=O) groups is 1. The molecule has 1 saturated heterocycles. The molecule has 1 aliphatic rings. The van der Waals surface area contributed by atoms with E-state index in [1.165, 1.54) is 18.6 Å². The van der Waals surface area contributed by atoms with Crippen LogP contribution in [0.4, 0.5) is 4.39 Å². The Morgan fingerprint density at radius 1 is 1.26 bits per heavy atom. The highest BCUT2D eigenvalue weighted by Gasteiger charge is 2.19. The quantitative estimate of drug-likeness (QED) is 0.839. The zero-order valence-electron chi connectivity index (χ0n) is 11.5. The van der Waals surface area contributed by atoms with Crippen molar-refractivity contribution in [2.24, 2.45) is 0 Å². The summed E-state index contributed by atoms with van der Waals surface area (Å²) in [4.78, 5) is 14.0. The molecule has 0 N–H and O–H groups in total. The van der Waals surface area contributed by atoms with Gasteiger partial charge in [-0.1, -0.05) is 0 Å². The molecule has 0 saturated carbocycles. The van der Waals surface area contributed by atoms with Crippen LogP contribution in [0, 0.1) is 5.82 Å². The molecule has 1 aromatic rings. The Bertz CT molecular complexity index is 453. The zero-order valence-corrected chi connectivity index (χ0v) is 11.5. The van der Waals surface area contributed by atoms with E-state index in [4.69, 9.17) is 4.74 Å². The van der Waals surface area contributed by atoms with E-state index in [-0.39, 0.29) is 17.8 Å². The highest BCUT2D eigenvalue weighted by Crippen LogP contribution is 2.21. The Morgan fingerprint density at radius 3 is 2.53 bits per heavy atom. The van der Waals surface area contributed by atoms with Gasteiger partial charge < -0.3 is 9.64 Å². The molecule has 1 amide bonds. The van der Waals surface area contributed by atoms with Gasteiger partial charge in [0, 0.05) is 18.7 Å². The molecule has 0 atom stereocenters. The minimum atomic E-state index is -0.475. The second-order valence-electron chi connectivity index (χ2n) is 5.16. The smallest absolute Gasteiger partial charge is 0.253 e. The maximum Gasteiger partial charge on any atom is 0.253 e. The molecule has 1 aliphatic heterocycles. The van der Waals surface area contributed by atoms with E-state index >= 15 is 0 Å². The first-order chi connectivity index (χ1) is 9.08. The number of benzene rings is 1. The first-order valence-corrected chi connectivity index (χ1v) is 6.83. The molecule has 0 aromatic heterocycles. The summed E-state index contributed by atoms with van der Waals surface area (Å²) in [7, 11) is 0. The van der Waals surface area contributed by atoms with Crippen LogP contribution in [0.15, 0.2) is 18.2 Å². The van der Waals surface area contributed by atoms with Gasteiger partial charge in [0.25, 0.3) is 5.91 Å². The van der Waals surface area contributed by atoms with Gasteiger partial charge in [-0.25, -0.2) is 4.39 Å². The van der Waals surface area contributed by atoms with E-state index in [1.807, 2.05) is 13.8 Å². The molecular weight excluding hydrogens is 245 g/mol. The van der Waals surface area contributed by atoms with E-state index in [1.54, 1.807) is 11.0 Å². The van der Waals surface area contributed by atoms with Gasteiger partial charge in [-0.2, -0.15) is 0 Å². The first kappa shape index (κ1) is 13.8. The molecule has 1 fully saturated rings. The topological polar surface area (TPSA) is 29.5 Å². The number of nitrogens with zero attached hydrogens (tertiary/aromatic N) is 1. The normalized spacial score (nSPS) is 15.7. The molecule has 0 bridgehead atoms. The summed E-state index contributed by atoms with van der Waals surface area (Å²) in [5, 5.41) is 0. The summed E-state index contributed by atoms with van der Waals surface area (Å²) in [6.45, 7) is 5.22. The van der Waals surface area contributed by atoms with Gasteiger partial charge in [0.15, 0.2) is 11.6 Å². The van der Waals surface area contributed by atoms with Crippen molar-refractivity contribution in [3.8, 4) is 5.75 Å². The van der Waals surface area contributed by atoms with E-state index < -0.39 is 5.82 Å². The molecule has 0 spiro atoms. The molecular formula is C15H20FNO2. The summed E-state index contributed by atoms with van der Waals surface area (Å²) in [6, 6.07) is 4.44. The van der Waals surface area contributed by atoms with Crippen molar-refractivity contribution in [2.45, 2.75) is 39.2 Å². The van der Waals surface area contributed by atoms with Crippen molar-refractivity contribution in [1.82, 2.24) is 4.90 Å². The lowest BCUT2D eigenvalue weighted by Crippen LogP contribution is -2.35. The highest BCUT2D eigenvalue weighted by atomic mass is 19.1. The van der Waals surface area contributed by atoms with Crippen LogP contribution in [0.2, 0.25) is 0 Å². The van der Waals surface area contributed by atoms with Crippen molar-refractivity contribution < 1.29 is 13.9 Å². The Kier molecular flexibility index (Phi) is 4.40. The Labute approximate surface area is 113 Å². The second-order valence-corrected chi connectivity index (χ2v) is 5.16. The summed E-state index contributed by atoms with van der Waals surface area (Å²) in [5.41, 5.74) is 0.399. The number of halogens is 1. The third kappa shape index (κ3) is 3.46. The fraction of sp³-hybridized carbons (Fsp3) is 0.533. The van der Waals surface area contributed by atoms with Crippen LogP contribution < -0.4 is 4.74 Å². The Morgan fingerprint density at radius 2 is 1.95 bits per heavy atom. The molecule has 0 unspecified atom stereocenters. The predicted molar refractivity (Wildman–Crippen MR) is 71.9 cm³/mol. The SMILES string of the molecule is CC(C)Oc1ccc(C(=O)N2CCCCC2)cc1F. The minimum Gasteiger partial charge on any atom is -0.488 e. The minimum absolute atomic E-state index is 0.0850. The van der Waals surface area contributed by atoms with Gasteiger partial charge in [-0.15, -0.1) is 0 Å². The highest BCUT2D eigenvalue weighted by molar-refractivity contribution is 5.94. The van der Waals surface area contributed by atoms with Crippen molar-refractivity contribution in [3.63, 3.8) is 0 Å². The van der Waals surface area contributed by atoms with Crippen LogP contribution >= 0.6 is 0 Å². The van der Waals surface area contributed by atoms with Crippen LogP contribution in [0.3, 0.4) is 0 Å². The number of rotatable bonds is 3. The van der Waals surface area contributed by atoms with Crippen LogP contribution in [0.25, 0.3) is 0 Å². The number of piperidine rings is 1. The van der Waals surface area contributed by atoms with E-state index in [9.17, 15) is 9.18 Å². The lowest BCUT2D eigenvalue weighted by atomic mass is 10.1. The van der Waals surface area contributed by atoms with Crippen LogP contribution in [0.1, 0.15) is 43.5 Å². The summed E-state index contributed by atoms with van der Waals surface area (Å²) in [5.74, 6) is -0.364. The maximum absolute atomic E-state index is 13.8. The number of carbonyl (C=O) groups excluding carboxylic acids is 1. The van der Waals surface area contributed by atoms with Crippen molar-refractivity contribution in [2.75, 3.05) is 13.1 Å². The van der Waals surface area contributed by atoms with Gasteiger partial charge in [-0.05, 0) is 51.3 Å². The third-order valence-corrected chi connectivity index (χ3v) is 3.18. The molecule has 19 heavy (non-hydrogen) atoms. The average Bonchev–Trinajstić information content (AvgIpc) is 2.41. The van der Waals surface area contributed by atoms with E-state index in [2.05, 4.69) is 0 Å². The van der Waals surface area contributed by atoms with Crippen LogP contribution in [-0.4, -0.2) is 30.0 Å². The molecule has 3 nitrogen and oxygen atoms in total. The first-order valence-electron chi connectivity index (χ1n) is 6.83. The standard InChI is InChI=1S/C15H20FNO2/c1-11(2)19-14-7-6-12(10-13(14)16)15(18)17-8-4-3-5-9-17/h6-7,10-11H,3-5,8-9H2,1-2H3. The summed E-state index contributed by atoms with van der Waals surface area (Å²) in [6.07, 6.45) is 3.14. The van der Waals surface area contributed by atoms with Crippen molar-refractivity contribution >= 4 is 5.91 Å². The van der Waals surface area contributed by atoms with Crippen molar-refractivity contribution in [1.29, 1.82) is 0 Å².